The van der Waals surface area contributed by atoms with Crippen LogP contribution in [0.3, 0.4) is 0 Å². The molecule has 1 aromatic carbocycles. The molecule has 8 heteroatoms. The minimum atomic E-state index is -4.71. The molecule has 0 amide bonds. The molecule has 0 spiro atoms. The van der Waals surface area contributed by atoms with Crippen LogP contribution in [0.4, 0.5) is 13.2 Å². The second kappa shape index (κ2) is 7.01. The molecule has 0 bridgehead atoms. The molecule has 1 atom stereocenters. The summed E-state index contributed by atoms with van der Waals surface area (Å²) < 4.78 is 51.0. The second-order valence-corrected chi connectivity index (χ2v) is 4.03. The van der Waals surface area contributed by atoms with Gasteiger partial charge in [-0.25, -0.2) is 0 Å². The van der Waals surface area contributed by atoms with E-state index in [0.29, 0.717) is 31.1 Å². The predicted octanol–water partition coefficient (Wildman–Crippen LogP) is 2.68. The predicted molar refractivity (Wildman–Crippen MR) is 68.5 cm³/mol. The second-order valence-electron chi connectivity index (χ2n) is 4.03. The monoisotopic (exact) mass is 313 g/mol. The summed E-state index contributed by atoms with van der Waals surface area (Å²) in [5, 5.41) is 3.16. The van der Waals surface area contributed by atoms with Crippen LogP contribution in [-0.2, 0) is 4.74 Å². The number of morpholine rings is 1. The van der Waals surface area contributed by atoms with E-state index < -0.39 is 6.36 Å². The van der Waals surface area contributed by atoms with E-state index >= 15 is 0 Å². The fourth-order valence-electron chi connectivity index (χ4n) is 1.95. The maximum atomic E-state index is 12.2. The normalized spacial score (nSPS) is 19.1. The Bertz CT molecular complexity index is 436. The van der Waals surface area contributed by atoms with E-state index in [-0.39, 0.29) is 24.2 Å². The number of ether oxygens (including phenoxy) is 3. The van der Waals surface area contributed by atoms with Crippen LogP contribution in [-0.4, -0.2) is 33.2 Å². The third kappa shape index (κ3) is 4.43. The van der Waals surface area contributed by atoms with E-state index in [4.69, 9.17) is 9.47 Å². The smallest absolute Gasteiger partial charge is 0.496 e. The van der Waals surface area contributed by atoms with Gasteiger partial charge in [-0.15, -0.1) is 25.6 Å². The Morgan fingerprint density at radius 1 is 1.35 bits per heavy atom. The molecule has 0 aromatic heterocycles. The van der Waals surface area contributed by atoms with E-state index in [1.54, 1.807) is 0 Å². The minimum absolute atomic E-state index is 0. The SMILES string of the molecule is COc1ccc(OC(F)(F)F)cc1[C@@H]1COCCN1.Cl. The Morgan fingerprint density at radius 2 is 2.10 bits per heavy atom. The van der Waals surface area contributed by atoms with Gasteiger partial charge in [0.05, 0.1) is 26.4 Å². The summed E-state index contributed by atoms with van der Waals surface area (Å²) in [5.74, 6) is 0.230. The van der Waals surface area contributed by atoms with Crippen LogP contribution in [0.1, 0.15) is 11.6 Å². The lowest BCUT2D eigenvalue weighted by molar-refractivity contribution is -0.274. The van der Waals surface area contributed by atoms with Crippen molar-refractivity contribution in [3.63, 3.8) is 0 Å². The highest BCUT2D eigenvalue weighted by Crippen LogP contribution is 2.32. The fourth-order valence-corrected chi connectivity index (χ4v) is 1.95. The van der Waals surface area contributed by atoms with Crippen molar-refractivity contribution in [3.05, 3.63) is 23.8 Å². The first-order chi connectivity index (χ1) is 8.99. The van der Waals surface area contributed by atoms with Crippen LogP contribution >= 0.6 is 12.4 Å². The summed E-state index contributed by atoms with van der Waals surface area (Å²) in [7, 11) is 1.47. The summed E-state index contributed by atoms with van der Waals surface area (Å²) in [6.45, 7) is 1.60. The number of methoxy groups -OCH3 is 1. The number of hydrogen-bond acceptors (Lipinski definition) is 4. The molecule has 20 heavy (non-hydrogen) atoms. The topological polar surface area (TPSA) is 39.7 Å². The molecule has 0 saturated carbocycles. The number of rotatable bonds is 3. The zero-order valence-corrected chi connectivity index (χ0v) is 11.5. The van der Waals surface area contributed by atoms with Gasteiger partial charge in [0.1, 0.15) is 11.5 Å². The maximum Gasteiger partial charge on any atom is 0.573 e. The van der Waals surface area contributed by atoms with Gasteiger partial charge in [-0.3, -0.25) is 0 Å². The van der Waals surface area contributed by atoms with E-state index in [1.165, 1.54) is 25.3 Å². The Balaban J connectivity index is 0.00000200. The molecule has 1 N–H and O–H groups in total. The number of halogens is 4. The molecule has 0 radical (unpaired) electrons. The lowest BCUT2D eigenvalue weighted by atomic mass is 10.1. The van der Waals surface area contributed by atoms with Crippen LogP contribution in [0, 0.1) is 0 Å². The van der Waals surface area contributed by atoms with E-state index in [9.17, 15) is 13.2 Å². The van der Waals surface area contributed by atoms with E-state index in [0.717, 1.165) is 0 Å². The van der Waals surface area contributed by atoms with Gasteiger partial charge < -0.3 is 19.5 Å². The highest BCUT2D eigenvalue weighted by atomic mass is 35.5. The van der Waals surface area contributed by atoms with Gasteiger partial charge in [0.15, 0.2) is 0 Å². The molecule has 0 aliphatic carbocycles. The van der Waals surface area contributed by atoms with Gasteiger partial charge >= 0.3 is 6.36 Å². The highest BCUT2D eigenvalue weighted by Gasteiger charge is 2.31. The standard InChI is InChI=1S/C12H14F3NO3.ClH/c1-17-11-3-2-8(19-12(13,14)15)6-9(11)10-7-18-5-4-16-10;/h2-3,6,10,16H,4-5,7H2,1H3;1H/t10-;/m0./s1. The molecule has 2 rings (SSSR count). The summed E-state index contributed by atoms with van der Waals surface area (Å²) in [4.78, 5) is 0. The highest BCUT2D eigenvalue weighted by molar-refractivity contribution is 5.85. The van der Waals surface area contributed by atoms with Crippen molar-refractivity contribution in [2.75, 3.05) is 26.9 Å². The molecule has 1 aliphatic rings. The number of nitrogens with one attached hydrogen (secondary N) is 1. The Morgan fingerprint density at radius 3 is 2.65 bits per heavy atom. The molecule has 4 nitrogen and oxygen atoms in total. The van der Waals surface area contributed by atoms with Crippen LogP contribution < -0.4 is 14.8 Å². The molecule has 1 heterocycles. The Labute approximate surface area is 120 Å². The van der Waals surface area contributed by atoms with Crippen molar-refractivity contribution in [1.29, 1.82) is 0 Å². The summed E-state index contributed by atoms with van der Waals surface area (Å²) >= 11 is 0. The summed E-state index contributed by atoms with van der Waals surface area (Å²) in [6, 6.07) is 3.78. The first kappa shape index (κ1) is 16.9. The summed E-state index contributed by atoms with van der Waals surface area (Å²) in [5.41, 5.74) is 0.587. The molecule has 1 aromatic rings. The molecular formula is C12H15ClF3NO3. The zero-order valence-electron chi connectivity index (χ0n) is 10.7. The quantitative estimate of drug-likeness (QED) is 0.931. The van der Waals surface area contributed by atoms with Crippen LogP contribution in [0.5, 0.6) is 11.5 Å². The summed E-state index contributed by atoms with van der Waals surface area (Å²) in [6.07, 6.45) is -4.71. The van der Waals surface area contributed by atoms with Crippen LogP contribution in [0.25, 0.3) is 0 Å². The molecular weight excluding hydrogens is 299 g/mol. The lowest BCUT2D eigenvalue weighted by Gasteiger charge is -2.26. The van der Waals surface area contributed by atoms with Crippen molar-refractivity contribution >= 4 is 12.4 Å². The lowest BCUT2D eigenvalue weighted by Crippen LogP contribution is -2.34. The zero-order chi connectivity index (χ0) is 13.9. The van der Waals surface area contributed by atoms with Gasteiger partial charge in [-0.1, -0.05) is 0 Å². The van der Waals surface area contributed by atoms with Gasteiger partial charge in [-0.05, 0) is 18.2 Å². The van der Waals surface area contributed by atoms with Crippen molar-refractivity contribution in [2.24, 2.45) is 0 Å². The molecule has 1 aliphatic heterocycles. The molecule has 114 valence electrons. The van der Waals surface area contributed by atoms with Crippen LogP contribution in [0.15, 0.2) is 18.2 Å². The van der Waals surface area contributed by atoms with Gasteiger partial charge in [-0.2, -0.15) is 0 Å². The third-order valence-electron chi connectivity index (χ3n) is 2.73. The van der Waals surface area contributed by atoms with Gasteiger partial charge in [0.25, 0.3) is 0 Å². The first-order valence-electron chi connectivity index (χ1n) is 5.74. The first-order valence-corrected chi connectivity index (χ1v) is 5.74. The van der Waals surface area contributed by atoms with Crippen molar-refractivity contribution in [1.82, 2.24) is 5.32 Å². The third-order valence-corrected chi connectivity index (χ3v) is 2.73. The van der Waals surface area contributed by atoms with Crippen LogP contribution in [0.2, 0.25) is 0 Å². The van der Waals surface area contributed by atoms with Gasteiger partial charge in [0, 0.05) is 12.1 Å². The Kier molecular flexibility index (Phi) is 5.91. The van der Waals surface area contributed by atoms with E-state index in [1.807, 2.05) is 0 Å². The number of alkyl halides is 3. The fraction of sp³-hybridized carbons (Fsp3) is 0.500. The van der Waals surface area contributed by atoms with Crippen molar-refractivity contribution in [3.8, 4) is 11.5 Å². The van der Waals surface area contributed by atoms with Crippen molar-refractivity contribution in [2.45, 2.75) is 12.4 Å². The number of hydrogen-bond donors (Lipinski definition) is 1. The average Bonchev–Trinajstić information content (AvgIpc) is 2.38. The Hall–Kier alpha value is -1.18. The van der Waals surface area contributed by atoms with Gasteiger partial charge in [0.2, 0.25) is 0 Å². The minimum Gasteiger partial charge on any atom is -0.496 e. The molecule has 0 unspecified atom stereocenters. The maximum absolute atomic E-state index is 12.2. The van der Waals surface area contributed by atoms with E-state index in [2.05, 4.69) is 10.1 Å². The molecule has 1 fully saturated rings. The largest absolute Gasteiger partial charge is 0.573 e. The molecule has 1 saturated heterocycles. The average molecular weight is 314 g/mol. The van der Waals surface area contributed by atoms with Crippen molar-refractivity contribution < 1.29 is 27.4 Å². The number of benzene rings is 1.